The monoisotopic (exact) mass is 252 g/mol. The van der Waals surface area contributed by atoms with Gasteiger partial charge in [-0.15, -0.1) is 6.58 Å². The van der Waals surface area contributed by atoms with Crippen LogP contribution in [0.4, 0.5) is 0 Å². The van der Waals surface area contributed by atoms with Crippen molar-refractivity contribution in [1.82, 2.24) is 9.47 Å². The van der Waals surface area contributed by atoms with Gasteiger partial charge in [-0.2, -0.15) is 0 Å². The first kappa shape index (κ1) is 14.0. The number of allylic oxidation sites excluding steroid dienone is 1. The highest BCUT2D eigenvalue weighted by molar-refractivity contribution is 5.68. The molecule has 0 unspecified atom stereocenters. The Labute approximate surface area is 104 Å². The predicted molar refractivity (Wildman–Crippen MR) is 66.5 cm³/mol. The third kappa shape index (κ3) is 3.74. The van der Waals surface area contributed by atoms with Crippen LogP contribution >= 0.6 is 0 Å². The van der Waals surface area contributed by atoms with Gasteiger partial charge in [-0.3, -0.25) is 14.5 Å². The van der Waals surface area contributed by atoms with E-state index in [1.165, 1.54) is 12.3 Å². The fourth-order valence-electron chi connectivity index (χ4n) is 1.61. The Morgan fingerprint density at radius 3 is 2.83 bits per heavy atom. The largest absolute Gasteiger partial charge is 0.503 e. The van der Waals surface area contributed by atoms with E-state index in [2.05, 4.69) is 6.58 Å². The van der Waals surface area contributed by atoms with E-state index in [1.807, 2.05) is 0 Å². The van der Waals surface area contributed by atoms with Gasteiger partial charge in [0.1, 0.15) is 0 Å². The number of carboxylic acid groups (broad SMARTS) is 1. The number of rotatable bonds is 6. The Morgan fingerprint density at radius 1 is 1.61 bits per heavy atom. The summed E-state index contributed by atoms with van der Waals surface area (Å²) in [7, 11) is 1.64. The van der Waals surface area contributed by atoms with Gasteiger partial charge in [0.15, 0.2) is 5.75 Å². The van der Waals surface area contributed by atoms with Crippen LogP contribution in [0, 0.1) is 0 Å². The number of aromatic hydroxyl groups is 1. The lowest BCUT2D eigenvalue weighted by atomic mass is 10.3. The number of hydrogen-bond donors (Lipinski definition) is 2. The maximum Gasteiger partial charge on any atom is 0.317 e. The molecule has 0 saturated carbocycles. The third-order valence-corrected chi connectivity index (χ3v) is 2.36. The number of carboxylic acids is 1. The van der Waals surface area contributed by atoms with Gasteiger partial charge in [0.05, 0.1) is 12.7 Å². The van der Waals surface area contributed by atoms with Crippen LogP contribution in [0.3, 0.4) is 0 Å². The lowest BCUT2D eigenvalue weighted by Crippen LogP contribution is -2.27. The zero-order chi connectivity index (χ0) is 13.7. The molecule has 1 heterocycles. The quantitative estimate of drug-likeness (QED) is 0.709. The minimum absolute atomic E-state index is 0.122. The second kappa shape index (κ2) is 6.02. The fraction of sp³-hybridized carbons (Fsp3) is 0.333. The summed E-state index contributed by atoms with van der Waals surface area (Å²) in [6, 6.07) is 1.30. The molecule has 0 saturated heterocycles. The predicted octanol–water partition coefficient (Wildman–Crippen LogP) is 0.256. The first-order chi connectivity index (χ1) is 8.43. The molecule has 0 aromatic carbocycles. The summed E-state index contributed by atoms with van der Waals surface area (Å²) in [5, 5.41) is 18.0. The summed E-state index contributed by atoms with van der Waals surface area (Å²) in [4.78, 5) is 23.5. The van der Waals surface area contributed by atoms with Crippen LogP contribution in [0.15, 0.2) is 29.7 Å². The van der Waals surface area contributed by atoms with Crippen LogP contribution in [0.1, 0.15) is 5.69 Å². The molecule has 0 amide bonds. The number of aliphatic carboxylic acids is 1. The van der Waals surface area contributed by atoms with E-state index in [1.54, 1.807) is 22.6 Å². The van der Waals surface area contributed by atoms with Gasteiger partial charge >= 0.3 is 5.97 Å². The zero-order valence-corrected chi connectivity index (χ0v) is 10.2. The van der Waals surface area contributed by atoms with E-state index < -0.39 is 11.4 Å². The topological polar surface area (TPSA) is 82.8 Å². The summed E-state index contributed by atoms with van der Waals surface area (Å²) in [5.74, 6) is -1.27. The second-order valence-corrected chi connectivity index (χ2v) is 4.02. The van der Waals surface area contributed by atoms with Gasteiger partial charge in [-0.25, -0.2) is 0 Å². The number of pyridine rings is 1. The molecule has 0 radical (unpaired) electrons. The lowest BCUT2D eigenvalue weighted by Gasteiger charge is -2.18. The lowest BCUT2D eigenvalue weighted by molar-refractivity contribution is -0.138. The van der Waals surface area contributed by atoms with Crippen molar-refractivity contribution < 1.29 is 15.0 Å². The van der Waals surface area contributed by atoms with Gasteiger partial charge in [-0.1, -0.05) is 6.08 Å². The summed E-state index contributed by atoms with van der Waals surface area (Å²) < 4.78 is 1.65. The van der Waals surface area contributed by atoms with E-state index in [9.17, 15) is 14.7 Å². The minimum atomic E-state index is -0.936. The van der Waals surface area contributed by atoms with E-state index in [4.69, 9.17) is 5.11 Å². The summed E-state index contributed by atoms with van der Waals surface area (Å²) >= 11 is 0. The highest BCUT2D eigenvalue weighted by Crippen LogP contribution is 2.07. The third-order valence-electron chi connectivity index (χ3n) is 2.36. The first-order valence-electron chi connectivity index (χ1n) is 5.37. The van der Waals surface area contributed by atoms with Crippen LogP contribution < -0.4 is 5.43 Å². The van der Waals surface area contributed by atoms with Crippen molar-refractivity contribution in [3.63, 3.8) is 0 Å². The van der Waals surface area contributed by atoms with Crippen molar-refractivity contribution >= 4 is 5.97 Å². The van der Waals surface area contributed by atoms with Crippen molar-refractivity contribution in [2.45, 2.75) is 13.1 Å². The zero-order valence-electron chi connectivity index (χ0n) is 10.2. The molecular weight excluding hydrogens is 236 g/mol. The van der Waals surface area contributed by atoms with Crippen LogP contribution in [0.25, 0.3) is 0 Å². The van der Waals surface area contributed by atoms with Crippen LogP contribution in [0.5, 0.6) is 5.75 Å². The molecule has 2 N–H and O–H groups in total. The Balaban J connectivity index is 2.98. The van der Waals surface area contributed by atoms with Crippen molar-refractivity contribution in [2.75, 3.05) is 13.6 Å². The highest BCUT2D eigenvalue weighted by atomic mass is 16.4. The molecule has 18 heavy (non-hydrogen) atoms. The van der Waals surface area contributed by atoms with Gasteiger partial charge < -0.3 is 14.8 Å². The minimum Gasteiger partial charge on any atom is -0.503 e. The number of aromatic nitrogens is 1. The van der Waals surface area contributed by atoms with E-state index in [0.29, 0.717) is 18.8 Å². The van der Waals surface area contributed by atoms with Crippen LogP contribution in [-0.4, -0.2) is 39.2 Å². The van der Waals surface area contributed by atoms with Crippen LogP contribution in [0.2, 0.25) is 0 Å². The summed E-state index contributed by atoms with van der Waals surface area (Å²) in [5.41, 5.74) is 0.149. The van der Waals surface area contributed by atoms with Crippen molar-refractivity contribution in [3.8, 4) is 5.75 Å². The Hall–Kier alpha value is -2.08. The molecular formula is C12H16N2O4. The molecule has 0 aliphatic carbocycles. The molecule has 0 spiro atoms. The van der Waals surface area contributed by atoms with E-state index >= 15 is 0 Å². The Bertz CT molecular complexity index is 507. The number of carbonyl (C=O) groups is 1. The van der Waals surface area contributed by atoms with Gasteiger partial charge in [0, 0.05) is 24.8 Å². The normalized spacial score (nSPS) is 10.6. The highest BCUT2D eigenvalue weighted by Gasteiger charge is 2.10. The molecule has 6 heteroatoms. The van der Waals surface area contributed by atoms with Crippen molar-refractivity contribution in [2.24, 2.45) is 0 Å². The standard InChI is InChI=1S/C12H16N2O4/c1-3-4-14-7-11(16)10(15)5-9(14)6-13(2)8-12(17)18/h3,5,7,16H,1,4,6,8H2,2H3,(H,17,18). The molecule has 0 bridgehead atoms. The van der Waals surface area contributed by atoms with E-state index in [0.717, 1.165) is 0 Å². The Morgan fingerprint density at radius 2 is 2.28 bits per heavy atom. The number of hydrogen-bond acceptors (Lipinski definition) is 4. The summed E-state index contributed by atoms with van der Waals surface area (Å²) in [6.45, 7) is 4.20. The molecule has 1 aromatic heterocycles. The van der Waals surface area contributed by atoms with Crippen LogP contribution in [-0.2, 0) is 17.9 Å². The molecule has 0 aliphatic heterocycles. The molecule has 1 aromatic rings. The van der Waals surface area contributed by atoms with Gasteiger partial charge in [0.25, 0.3) is 0 Å². The van der Waals surface area contributed by atoms with Gasteiger partial charge in [0.2, 0.25) is 5.43 Å². The smallest absolute Gasteiger partial charge is 0.317 e. The average Bonchev–Trinajstić information content (AvgIpc) is 2.24. The number of likely N-dealkylation sites (N-methyl/N-ethyl adjacent to an activating group) is 1. The van der Waals surface area contributed by atoms with Crippen molar-refractivity contribution in [1.29, 1.82) is 0 Å². The summed E-state index contributed by atoms with van der Waals surface area (Å²) in [6.07, 6.45) is 2.96. The first-order valence-corrected chi connectivity index (χ1v) is 5.37. The molecule has 1 rings (SSSR count). The maximum atomic E-state index is 11.4. The van der Waals surface area contributed by atoms with Gasteiger partial charge in [-0.05, 0) is 7.05 Å². The fourth-order valence-corrected chi connectivity index (χ4v) is 1.61. The number of nitrogens with zero attached hydrogens (tertiary/aromatic N) is 2. The van der Waals surface area contributed by atoms with Crippen molar-refractivity contribution in [3.05, 3.63) is 40.8 Å². The Kier molecular flexibility index (Phi) is 4.67. The molecule has 0 aliphatic rings. The second-order valence-electron chi connectivity index (χ2n) is 4.02. The van der Waals surface area contributed by atoms with E-state index in [-0.39, 0.29) is 12.3 Å². The SMILES string of the molecule is C=CCn1cc(O)c(=O)cc1CN(C)CC(=O)O. The molecule has 0 fully saturated rings. The maximum absolute atomic E-state index is 11.4. The molecule has 6 nitrogen and oxygen atoms in total. The molecule has 98 valence electrons. The average molecular weight is 252 g/mol. The molecule has 0 atom stereocenters.